The van der Waals surface area contributed by atoms with Crippen LogP contribution in [0, 0.1) is 0 Å². The smallest absolute Gasteiger partial charge is 0.152 e. The number of nitrogens with one attached hydrogen (secondary N) is 1. The molecule has 0 bridgehead atoms. The molecule has 0 amide bonds. The highest BCUT2D eigenvalue weighted by atomic mass is 35.5. The van der Waals surface area contributed by atoms with Crippen LogP contribution in [-0.2, 0) is 16.4 Å². The second-order valence-corrected chi connectivity index (χ2v) is 8.26. The van der Waals surface area contributed by atoms with Crippen LogP contribution >= 0.6 is 11.6 Å². The number of halogens is 1. The van der Waals surface area contributed by atoms with Gasteiger partial charge in [-0.3, -0.25) is 0 Å². The molecule has 21 heavy (non-hydrogen) atoms. The topological polar surface area (TPSA) is 49.4 Å². The Morgan fingerprint density at radius 1 is 1.43 bits per heavy atom. The van der Waals surface area contributed by atoms with E-state index < -0.39 is 9.84 Å². The third kappa shape index (κ3) is 4.34. The standard InChI is InChI=1S/C15H23ClN2O2S/c1-3-7-17-10-12-4-5-13(9-15(12)16)18(2)14-6-8-21(19,20)11-14/h4-5,9,14,17H,3,6-8,10-11H2,1-2H3. The molecule has 1 saturated heterocycles. The van der Waals surface area contributed by atoms with Gasteiger partial charge in [0.05, 0.1) is 11.5 Å². The van der Waals surface area contributed by atoms with Crippen LogP contribution in [0.1, 0.15) is 25.3 Å². The predicted molar refractivity (Wildman–Crippen MR) is 88.9 cm³/mol. The van der Waals surface area contributed by atoms with Crippen LogP contribution < -0.4 is 10.2 Å². The first kappa shape index (κ1) is 16.6. The van der Waals surface area contributed by atoms with E-state index >= 15 is 0 Å². The van der Waals surface area contributed by atoms with Crippen LogP contribution in [0.3, 0.4) is 0 Å². The molecule has 1 aliphatic rings. The average Bonchev–Trinajstić information content (AvgIpc) is 2.80. The molecule has 1 atom stereocenters. The van der Waals surface area contributed by atoms with E-state index in [9.17, 15) is 8.42 Å². The fourth-order valence-electron chi connectivity index (χ4n) is 2.59. The summed E-state index contributed by atoms with van der Waals surface area (Å²) in [5.41, 5.74) is 2.04. The lowest BCUT2D eigenvalue weighted by atomic mass is 10.1. The summed E-state index contributed by atoms with van der Waals surface area (Å²) in [6.07, 6.45) is 1.78. The fraction of sp³-hybridized carbons (Fsp3) is 0.600. The van der Waals surface area contributed by atoms with E-state index in [1.165, 1.54) is 0 Å². The van der Waals surface area contributed by atoms with Crippen molar-refractivity contribution in [3.05, 3.63) is 28.8 Å². The number of nitrogens with zero attached hydrogens (tertiary/aromatic N) is 1. The Hall–Kier alpha value is -0.780. The van der Waals surface area contributed by atoms with Gasteiger partial charge in [0, 0.05) is 30.3 Å². The van der Waals surface area contributed by atoms with E-state index in [-0.39, 0.29) is 17.5 Å². The molecular weight excluding hydrogens is 308 g/mol. The molecule has 2 rings (SSSR count). The van der Waals surface area contributed by atoms with Gasteiger partial charge < -0.3 is 10.2 Å². The number of hydrogen-bond acceptors (Lipinski definition) is 4. The zero-order valence-electron chi connectivity index (χ0n) is 12.6. The number of benzene rings is 1. The quantitative estimate of drug-likeness (QED) is 0.814. The summed E-state index contributed by atoms with van der Waals surface area (Å²) in [5, 5.41) is 4.06. The third-order valence-electron chi connectivity index (χ3n) is 3.94. The molecule has 1 aromatic carbocycles. The lowest BCUT2D eigenvalue weighted by molar-refractivity contribution is 0.601. The maximum absolute atomic E-state index is 11.6. The zero-order valence-corrected chi connectivity index (χ0v) is 14.2. The minimum absolute atomic E-state index is 0.0510. The number of anilines is 1. The van der Waals surface area contributed by atoms with Crippen molar-refractivity contribution in [1.82, 2.24) is 5.32 Å². The van der Waals surface area contributed by atoms with E-state index in [2.05, 4.69) is 12.2 Å². The average molecular weight is 331 g/mol. The Labute approximate surface area is 132 Å². The van der Waals surface area contributed by atoms with Gasteiger partial charge >= 0.3 is 0 Å². The van der Waals surface area contributed by atoms with Gasteiger partial charge in [-0.1, -0.05) is 24.6 Å². The van der Waals surface area contributed by atoms with E-state index in [4.69, 9.17) is 11.6 Å². The van der Waals surface area contributed by atoms with Crippen molar-refractivity contribution in [1.29, 1.82) is 0 Å². The molecule has 0 radical (unpaired) electrons. The molecule has 0 saturated carbocycles. The van der Waals surface area contributed by atoms with Gasteiger partial charge in [-0.25, -0.2) is 8.42 Å². The van der Waals surface area contributed by atoms with Crippen molar-refractivity contribution < 1.29 is 8.42 Å². The van der Waals surface area contributed by atoms with Gasteiger partial charge in [0.15, 0.2) is 9.84 Å². The molecule has 1 fully saturated rings. The second-order valence-electron chi connectivity index (χ2n) is 5.62. The van der Waals surface area contributed by atoms with Gasteiger partial charge in [-0.2, -0.15) is 0 Å². The summed E-state index contributed by atoms with van der Waals surface area (Å²) in [7, 11) is -0.930. The van der Waals surface area contributed by atoms with Crippen molar-refractivity contribution in [3.63, 3.8) is 0 Å². The highest BCUT2D eigenvalue weighted by Gasteiger charge is 2.30. The van der Waals surface area contributed by atoms with E-state index in [0.717, 1.165) is 35.8 Å². The Morgan fingerprint density at radius 3 is 2.76 bits per heavy atom. The van der Waals surface area contributed by atoms with Gasteiger partial charge in [0.25, 0.3) is 0 Å². The molecule has 0 aliphatic carbocycles. The maximum Gasteiger partial charge on any atom is 0.152 e. The van der Waals surface area contributed by atoms with Crippen molar-refractivity contribution in [2.45, 2.75) is 32.4 Å². The third-order valence-corrected chi connectivity index (χ3v) is 6.04. The van der Waals surface area contributed by atoms with Gasteiger partial charge in [-0.05, 0) is 37.1 Å². The SMILES string of the molecule is CCCNCc1ccc(N(C)C2CCS(=O)(=O)C2)cc1Cl. The molecule has 1 heterocycles. The summed E-state index contributed by atoms with van der Waals surface area (Å²) < 4.78 is 23.2. The van der Waals surface area contributed by atoms with Gasteiger partial charge in [0.1, 0.15) is 0 Å². The number of sulfone groups is 1. The van der Waals surface area contributed by atoms with Crippen molar-refractivity contribution in [2.24, 2.45) is 0 Å². The number of rotatable bonds is 6. The molecule has 0 aromatic heterocycles. The Morgan fingerprint density at radius 2 is 2.19 bits per heavy atom. The highest BCUT2D eigenvalue weighted by molar-refractivity contribution is 7.91. The second kappa shape index (κ2) is 6.99. The van der Waals surface area contributed by atoms with Crippen LogP contribution in [0.25, 0.3) is 0 Å². The fourth-order valence-corrected chi connectivity index (χ4v) is 4.61. The lowest BCUT2D eigenvalue weighted by Gasteiger charge is -2.26. The first-order chi connectivity index (χ1) is 9.93. The van der Waals surface area contributed by atoms with Crippen molar-refractivity contribution in [3.8, 4) is 0 Å². The van der Waals surface area contributed by atoms with E-state index in [0.29, 0.717) is 6.42 Å². The summed E-state index contributed by atoms with van der Waals surface area (Å²) in [6.45, 7) is 3.86. The van der Waals surface area contributed by atoms with Crippen molar-refractivity contribution >= 4 is 27.1 Å². The first-order valence-electron chi connectivity index (χ1n) is 7.35. The minimum Gasteiger partial charge on any atom is -0.371 e. The number of hydrogen-bond donors (Lipinski definition) is 1. The first-order valence-corrected chi connectivity index (χ1v) is 9.55. The molecule has 1 aliphatic heterocycles. The zero-order chi connectivity index (χ0) is 15.5. The molecule has 0 spiro atoms. The van der Waals surface area contributed by atoms with Crippen LogP contribution in [0.2, 0.25) is 5.02 Å². The summed E-state index contributed by atoms with van der Waals surface area (Å²) in [5.74, 6) is 0.523. The Bertz CT molecular complexity index is 589. The highest BCUT2D eigenvalue weighted by Crippen LogP contribution is 2.27. The Kier molecular flexibility index (Phi) is 5.52. The monoisotopic (exact) mass is 330 g/mol. The van der Waals surface area contributed by atoms with Crippen LogP contribution in [0.5, 0.6) is 0 Å². The molecular formula is C15H23ClN2O2S. The van der Waals surface area contributed by atoms with Crippen LogP contribution in [0.15, 0.2) is 18.2 Å². The van der Waals surface area contributed by atoms with Gasteiger partial charge in [0.2, 0.25) is 0 Å². The molecule has 4 nitrogen and oxygen atoms in total. The maximum atomic E-state index is 11.6. The molecule has 6 heteroatoms. The van der Waals surface area contributed by atoms with E-state index in [1.54, 1.807) is 0 Å². The predicted octanol–water partition coefficient (Wildman–Crippen LogP) is 2.46. The van der Waals surface area contributed by atoms with Crippen LogP contribution in [0.4, 0.5) is 5.69 Å². The minimum atomic E-state index is -2.87. The lowest BCUT2D eigenvalue weighted by Crippen LogP contribution is -2.32. The molecule has 118 valence electrons. The van der Waals surface area contributed by atoms with Crippen LogP contribution in [-0.4, -0.2) is 39.6 Å². The van der Waals surface area contributed by atoms with Gasteiger partial charge in [-0.15, -0.1) is 0 Å². The van der Waals surface area contributed by atoms with E-state index in [1.807, 2.05) is 30.1 Å². The molecule has 1 unspecified atom stereocenters. The molecule has 1 N–H and O–H groups in total. The normalized spacial score (nSPS) is 20.6. The summed E-state index contributed by atoms with van der Waals surface area (Å²) in [4.78, 5) is 2.03. The largest absolute Gasteiger partial charge is 0.371 e. The summed E-state index contributed by atoms with van der Waals surface area (Å²) >= 11 is 6.33. The Balaban J connectivity index is 2.05. The van der Waals surface area contributed by atoms with Crippen molar-refractivity contribution in [2.75, 3.05) is 30.0 Å². The molecule has 1 aromatic rings. The summed E-state index contributed by atoms with van der Waals surface area (Å²) in [6, 6.07) is 6.00.